The first-order valence-electron chi connectivity index (χ1n) is 7.53. The number of nitrogens with zero attached hydrogens (tertiary/aromatic N) is 3. The predicted molar refractivity (Wildman–Crippen MR) is 81.0 cm³/mol. The van der Waals surface area contributed by atoms with E-state index < -0.39 is 0 Å². The van der Waals surface area contributed by atoms with Crippen LogP contribution in [0.2, 0.25) is 0 Å². The summed E-state index contributed by atoms with van der Waals surface area (Å²) in [7, 11) is 0. The normalized spacial score (nSPS) is 20.6. The van der Waals surface area contributed by atoms with Crippen LogP contribution in [-0.4, -0.2) is 23.1 Å². The van der Waals surface area contributed by atoms with E-state index in [-0.39, 0.29) is 0 Å². The van der Waals surface area contributed by atoms with Gasteiger partial charge in [-0.1, -0.05) is 31.2 Å². The van der Waals surface area contributed by atoms with Crippen LogP contribution in [0.4, 0.5) is 5.95 Å². The lowest BCUT2D eigenvalue weighted by molar-refractivity contribution is 0.737. The lowest BCUT2D eigenvalue weighted by Gasteiger charge is -2.25. The van der Waals surface area contributed by atoms with Gasteiger partial charge in [-0.25, -0.2) is 9.97 Å². The maximum atomic E-state index is 4.89. The Bertz CT molecular complexity index is 644. The van der Waals surface area contributed by atoms with Crippen molar-refractivity contribution in [1.29, 1.82) is 0 Å². The van der Waals surface area contributed by atoms with Crippen LogP contribution in [-0.2, 0) is 6.42 Å². The highest BCUT2D eigenvalue weighted by molar-refractivity contribution is 5.71. The van der Waals surface area contributed by atoms with E-state index in [9.17, 15) is 0 Å². The number of rotatable bonds is 1. The molecule has 3 nitrogen and oxygen atoms in total. The molecule has 0 N–H and O–H groups in total. The summed E-state index contributed by atoms with van der Waals surface area (Å²) in [4.78, 5) is 11.8. The minimum Gasteiger partial charge on any atom is -0.341 e. The van der Waals surface area contributed by atoms with Crippen molar-refractivity contribution in [1.82, 2.24) is 9.97 Å². The summed E-state index contributed by atoms with van der Waals surface area (Å²) >= 11 is 0. The summed E-state index contributed by atoms with van der Waals surface area (Å²) in [6.45, 7) is 4.48. The fourth-order valence-corrected chi connectivity index (χ4v) is 3.43. The van der Waals surface area contributed by atoms with Gasteiger partial charge in [0, 0.05) is 24.8 Å². The summed E-state index contributed by atoms with van der Waals surface area (Å²) in [5.74, 6) is 1.46. The third-order valence-electron chi connectivity index (χ3n) is 4.51. The van der Waals surface area contributed by atoms with Gasteiger partial charge in [0.25, 0.3) is 0 Å². The number of aromatic nitrogens is 2. The average molecular weight is 265 g/mol. The Hall–Kier alpha value is -1.90. The van der Waals surface area contributed by atoms with E-state index in [2.05, 4.69) is 41.1 Å². The van der Waals surface area contributed by atoms with E-state index in [0.717, 1.165) is 31.2 Å². The van der Waals surface area contributed by atoms with Crippen LogP contribution in [0.1, 0.15) is 36.8 Å². The zero-order chi connectivity index (χ0) is 13.5. The van der Waals surface area contributed by atoms with Crippen LogP contribution < -0.4 is 4.90 Å². The molecule has 0 spiro atoms. The molecule has 1 aliphatic carbocycles. The van der Waals surface area contributed by atoms with Gasteiger partial charge in [-0.2, -0.15) is 0 Å². The van der Waals surface area contributed by atoms with Gasteiger partial charge in [0.15, 0.2) is 0 Å². The summed E-state index contributed by atoms with van der Waals surface area (Å²) in [5.41, 5.74) is 5.16. The van der Waals surface area contributed by atoms with Gasteiger partial charge >= 0.3 is 0 Å². The maximum absolute atomic E-state index is 4.89. The summed E-state index contributed by atoms with van der Waals surface area (Å²) < 4.78 is 0. The smallest absolute Gasteiger partial charge is 0.225 e. The summed E-state index contributed by atoms with van der Waals surface area (Å²) in [6, 6.07) is 8.67. The number of fused-ring (bicyclic) bond motifs is 3. The number of benzene rings is 1. The van der Waals surface area contributed by atoms with Gasteiger partial charge < -0.3 is 4.90 Å². The standard InChI is InChI=1S/C17H19N3/c1-12-10-13-11-18-17(20-8-4-5-9-20)19-16(13)15-7-3-2-6-14(12)15/h2-3,6-7,11-12H,4-5,8-10H2,1H3. The van der Waals surface area contributed by atoms with Crippen molar-refractivity contribution >= 4 is 5.95 Å². The molecule has 102 valence electrons. The Kier molecular flexibility index (Phi) is 2.72. The molecule has 0 amide bonds. The molecule has 3 heteroatoms. The topological polar surface area (TPSA) is 29.0 Å². The molecule has 1 atom stereocenters. The van der Waals surface area contributed by atoms with Crippen LogP contribution in [0.15, 0.2) is 30.5 Å². The second kappa shape index (κ2) is 4.58. The van der Waals surface area contributed by atoms with Crippen molar-refractivity contribution in [2.45, 2.75) is 32.1 Å². The number of anilines is 1. The first-order valence-corrected chi connectivity index (χ1v) is 7.53. The lowest BCUT2D eigenvalue weighted by Crippen LogP contribution is -2.21. The van der Waals surface area contributed by atoms with Crippen LogP contribution in [0.25, 0.3) is 11.3 Å². The van der Waals surface area contributed by atoms with Gasteiger partial charge in [-0.05, 0) is 36.3 Å². The first kappa shape index (κ1) is 11.9. The third-order valence-corrected chi connectivity index (χ3v) is 4.51. The van der Waals surface area contributed by atoms with E-state index in [1.807, 2.05) is 6.20 Å². The summed E-state index contributed by atoms with van der Waals surface area (Å²) in [5, 5.41) is 0. The lowest BCUT2D eigenvalue weighted by atomic mass is 9.83. The molecule has 0 bridgehead atoms. The predicted octanol–water partition coefficient (Wildman–Crippen LogP) is 3.40. The zero-order valence-electron chi connectivity index (χ0n) is 11.8. The van der Waals surface area contributed by atoms with Crippen molar-refractivity contribution in [2.24, 2.45) is 0 Å². The molecule has 20 heavy (non-hydrogen) atoms. The minimum atomic E-state index is 0.555. The number of hydrogen-bond donors (Lipinski definition) is 0. The zero-order valence-corrected chi connectivity index (χ0v) is 11.8. The Labute approximate surface area is 119 Å². The Morgan fingerprint density at radius 1 is 1.15 bits per heavy atom. The van der Waals surface area contributed by atoms with E-state index in [0.29, 0.717) is 5.92 Å². The highest BCUT2D eigenvalue weighted by atomic mass is 15.3. The molecule has 0 radical (unpaired) electrons. The molecule has 1 unspecified atom stereocenters. The highest BCUT2D eigenvalue weighted by Gasteiger charge is 2.24. The first-order chi connectivity index (χ1) is 9.83. The Balaban J connectivity index is 1.83. The molecule has 1 aliphatic heterocycles. The molecular formula is C17H19N3. The van der Waals surface area contributed by atoms with Crippen molar-refractivity contribution in [2.75, 3.05) is 18.0 Å². The molecular weight excluding hydrogens is 246 g/mol. The van der Waals surface area contributed by atoms with E-state index in [1.54, 1.807) is 0 Å². The second-order valence-electron chi connectivity index (χ2n) is 5.93. The SMILES string of the molecule is CC1Cc2cnc(N3CCCC3)nc2-c2ccccc21. The minimum absolute atomic E-state index is 0.555. The molecule has 2 aromatic rings. The van der Waals surface area contributed by atoms with E-state index in [4.69, 9.17) is 4.98 Å². The summed E-state index contributed by atoms with van der Waals surface area (Å²) in [6.07, 6.45) is 5.61. The number of hydrogen-bond acceptors (Lipinski definition) is 3. The molecule has 4 rings (SSSR count). The molecule has 2 aliphatic rings. The van der Waals surface area contributed by atoms with Crippen molar-refractivity contribution in [3.05, 3.63) is 41.6 Å². The van der Waals surface area contributed by atoms with Crippen LogP contribution in [0, 0.1) is 0 Å². The highest BCUT2D eigenvalue weighted by Crippen LogP contribution is 2.38. The monoisotopic (exact) mass is 265 g/mol. The van der Waals surface area contributed by atoms with Crippen molar-refractivity contribution < 1.29 is 0 Å². The van der Waals surface area contributed by atoms with Gasteiger partial charge in [0.05, 0.1) is 5.69 Å². The van der Waals surface area contributed by atoms with Crippen molar-refractivity contribution in [3.8, 4) is 11.3 Å². The largest absolute Gasteiger partial charge is 0.341 e. The quantitative estimate of drug-likeness (QED) is 0.791. The van der Waals surface area contributed by atoms with Crippen LogP contribution >= 0.6 is 0 Å². The molecule has 1 fully saturated rings. The Morgan fingerprint density at radius 3 is 2.80 bits per heavy atom. The third kappa shape index (κ3) is 1.80. The van der Waals surface area contributed by atoms with Gasteiger partial charge in [-0.15, -0.1) is 0 Å². The van der Waals surface area contributed by atoms with Crippen molar-refractivity contribution in [3.63, 3.8) is 0 Å². The van der Waals surface area contributed by atoms with E-state index in [1.165, 1.54) is 29.5 Å². The second-order valence-corrected chi connectivity index (χ2v) is 5.93. The van der Waals surface area contributed by atoms with Crippen LogP contribution in [0.5, 0.6) is 0 Å². The van der Waals surface area contributed by atoms with Gasteiger partial charge in [0.2, 0.25) is 5.95 Å². The fraction of sp³-hybridized carbons (Fsp3) is 0.412. The molecule has 1 saturated heterocycles. The Morgan fingerprint density at radius 2 is 1.95 bits per heavy atom. The molecule has 1 aromatic heterocycles. The average Bonchev–Trinajstić information content (AvgIpc) is 3.02. The van der Waals surface area contributed by atoms with E-state index >= 15 is 0 Å². The van der Waals surface area contributed by atoms with Gasteiger partial charge in [0.1, 0.15) is 0 Å². The maximum Gasteiger partial charge on any atom is 0.225 e. The van der Waals surface area contributed by atoms with Gasteiger partial charge in [-0.3, -0.25) is 0 Å². The molecule has 2 heterocycles. The van der Waals surface area contributed by atoms with Crippen LogP contribution in [0.3, 0.4) is 0 Å². The fourth-order valence-electron chi connectivity index (χ4n) is 3.43. The molecule has 1 aromatic carbocycles. The molecule has 0 saturated carbocycles.